The van der Waals surface area contributed by atoms with Crippen LogP contribution in [0.25, 0.3) is 0 Å². The van der Waals surface area contributed by atoms with Crippen molar-refractivity contribution in [2.75, 3.05) is 7.05 Å². The van der Waals surface area contributed by atoms with Crippen LogP contribution in [0.3, 0.4) is 0 Å². The fourth-order valence-electron chi connectivity index (χ4n) is 2.01. The minimum absolute atomic E-state index is 0.0166. The van der Waals surface area contributed by atoms with Gasteiger partial charge in [-0.05, 0) is 32.4 Å². The molecule has 19 heavy (non-hydrogen) atoms. The highest BCUT2D eigenvalue weighted by Crippen LogP contribution is 2.26. The summed E-state index contributed by atoms with van der Waals surface area (Å²) in [6, 6.07) is 1.75. The summed E-state index contributed by atoms with van der Waals surface area (Å²) in [6.07, 6.45) is 0.795. The third-order valence-corrected chi connectivity index (χ3v) is 5.91. The van der Waals surface area contributed by atoms with Crippen molar-refractivity contribution in [2.24, 2.45) is 5.92 Å². The van der Waals surface area contributed by atoms with Crippen LogP contribution in [0.4, 0.5) is 0 Å². The van der Waals surface area contributed by atoms with Gasteiger partial charge in [0.1, 0.15) is 0 Å². The first-order valence-corrected chi connectivity index (χ1v) is 8.88. The van der Waals surface area contributed by atoms with Gasteiger partial charge in [-0.2, -0.15) is 0 Å². The fourth-order valence-corrected chi connectivity index (χ4v) is 5.12. The van der Waals surface area contributed by atoms with E-state index in [-0.39, 0.29) is 12.0 Å². The molecule has 0 saturated carbocycles. The highest BCUT2D eigenvalue weighted by Gasteiger charge is 2.24. The molecule has 0 aliphatic carbocycles. The molecule has 0 bridgehead atoms. The van der Waals surface area contributed by atoms with E-state index >= 15 is 0 Å². The minimum atomic E-state index is -3.41. The molecule has 1 atom stereocenters. The molecule has 0 saturated heterocycles. The lowest BCUT2D eigenvalue weighted by atomic mass is 10.0. The van der Waals surface area contributed by atoms with Crippen molar-refractivity contribution < 1.29 is 8.42 Å². The Morgan fingerprint density at radius 1 is 1.37 bits per heavy atom. The average molecular weight is 304 g/mol. The van der Waals surface area contributed by atoms with Gasteiger partial charge in [0.25, 0.3) is 0 Å². The van der Waals surface area contributed by atoms with Crippen LogP contribution in [0.1, 0.15) is 36.9 Å². The van der Waals surface area contributed by atoms with Crippen LogP contribution >= 0.6 is 11.3 Å². The number of sulfonamides is 1. The maximum Gasteiger partial charge on any atom is 0.241 e. The Labute approximate surface area is 120 Å². The van der Waals surface area contributed by atoms with Crippen LogP contribution in [0.5, 0.6) is 0 Å². The van der Waals surface area contributed by atoms with E-state index in [0.29, 0.717) is 11.4 Å². The van der Waals surface area contributed by atoms with E-state index < -0.39 is 10.0 Å². The smallest absolute Gasteiger partial charge is 0.241 e. The van der Waals surface area contributed by atoms with Gasteiger partial charge in [0.05, 0.1) is 4.90 Å². The van der Waals surface area contributed by atoms with E-state index in [1.165, 1.54) is 11.3 Å². The maximum atomic E-state index is 12.4. The van der Waals surface area contributed by atoms with Crippen LogP contribution in [0, 0.1) is 12.8 Å². The summed E-state index contributed by atoms with van der Waals surface area (Å²) in [5.41, 5.74) is 0. The van der Waals surface area contributed by atoms with Crippen LogP contribution < -0.4 is 10.0 Å². The molecule has 0 aliphatic rings. The summed E-state index contributed by atoms with van der Waals surface area (Å²) in [5.74, 6) is 0.287. The van der Waals surface area contributed by atoms with Crippen molar-refractivity contribution in [1.82, 2.24) is 10.0 Å². The van der Waals surface area contributed by atoms with E-state index in [4.69, 9.17) is 0 Å². The molecule has 2 N–H and O–H groups in total. The van der Waals surface area contributed by atoms with E-state index in [2.05, 4.69) is 10.0 Å². The molecule has 0 spiro atoms. The lowest BCUT2D eigenvalue weighted by Crippen LogP contribution is -2.38. The molecule has 110 valence electrons. The molecular formula is C13H24N2O2S2. The molecule has 4 nitrogen and oxygen atoms in total. The standard InChI is InChI=1S/C13H24N2O2S2/c1-6-12(9(2)3)15-19(16,17)13-7-11(8-14-5)18-10(13)4/h7,9,12,14-15H,6,8H2,1-5H3. The van der Waals surface area contributed by atoms with E-state index in [1.807, 2.05) is 34.7 Å². The predicted octanol–water partition coefficient (Wildman–Crippen LogP) is 2.49. The molecular weight excluding hydrogens is 280 g/mol. The third-order valence-electron chi connectivity index (χ3n) is 3.11. The summed E-state index contributed by atoms with van der Waals surface area (Å²) in [6.45, 7) is 8.62. The average Bonchev–Trinajstić information content (AvgIpc) is 2.68. The number of hydrogen-bond donors (Lipinski definition) is 2. The van der Waals surface area contributed by atoms with Crippen molar-refractivity contribution in [2.45, 2.75) is 51.6 Å². The second-order valence-corrected chi connectivity index (χ2v) is 8.07. The molecule has 0 amide bonds. The highest BCUT2D eigenvalue weighted by atomic mass is 32.2. The summed E-state index contributed by atoms with van der Waals surface area (Å²) in [5, 5.41) is 3.04. The van der Waals surface area contributed by atoms with Gasteiger partial charge >= 0.3 is 0 Å². The lowest BCUT2D eigenvalue weighted by Gasteiger charge is -2.20. The molecule has 1 aromatic heterocycles. The van der Waals surface area contributed by atoms with Gasteiger partial charge in [-0.3, -0.25) is 0 Å². The molecule has 1 heterocycles. The zero-order valence-corrected chi connectivity index (χ0v) is 13.9. The quantitative estimate of drug-likeness (QED) is 0.813. The largest absolute Gasteiger partial charge is 0.315 e. The highest BCUT2D eigenvalue weighted by molar-refractivity contribution is 7.89. The van der Waals surface area contributed by atoms with Gasteiger partial charge < -0.3 is 5.32 Å². The van der Waals surface area contributed by atoms with Gasteiger partial charge in [0.2, 0.25) is 10.0 Å². The van der Waals surface area contributed by atoms with Gasteiger partial charge in [-0.1, -0.05) is 20.8 Å². The third kappa shape index (κ3) is 4.27. The van der Waals surface area contributed by atoms with Crippen LogP contribution in [0.2, 0.25) is 0 Å². The summed E-state index contributed by atoms with van der Waals surface area (Å²) >= 11 is 1.53. The Hall–Kier alpha value is -0.430. The molecule has 1 aromatic rings. The predicted molar refractivity (Wildman–Crippen MR) is 81.1 cm³/mol. The van der Waals surface area contributed by atoms with Gasteiger partial charge in [-0.15, -0.1) is 11.3 Å². The molecule has 0 aromatic carbocycles. The molecule has 0 aliphatic heterocycles. The van der Waals surface area contributed by atoms with E-state index in [9.17, 15) is 8.42 Å². The number of aryl methyl sites for hydroxylation is 1. The normalized spacial score (nSPS) is 14.0. The first kappa shape index (κ1) is 16.6. The first-order valence-electron chi connectivity index (χ1n) is 6.58. The zero-order valence-electron chi connectivity index (χ0n) is 12.3. The first-order chi connectivity index (χ1) is 8.81. The summed E-state index contributed by atoms with van der Waals surface area (Å²) < 4.78 is 27.7. The molecule has 6 heteroatoms. The Balaban J connectivity index is 2.99. The SMILES string of the molecule is CCC(NS(=O)(=O)c1cc(CNC)sc1C)C(C)C. The molecule has 0 fully saturated rings. The van der Waals surface area contributed by atoms with Crippen LogP contribution in [-0.2, 0) is 16.6 Å². The second kappa shape index (κ2) is 6.83. The Kier molecular flexibility index (Phi) is 5.98. The van der Waals surface area contributed by atoms with Crippen molar-refractivity contribution in [3.8, 4) is 0 Å². The van der Waals surface area contributed by atoms with Gasteiger partial charge in [0, 0.05) is 22.3 Å². The Morgan fingerprint density at radius 3 is 2.47 bits per heavy atom. The molecule has 1 rings (SSSR count). The lowest BCUT2D eigenvalue weighted by molar-refractivity contribution is 0.437. The number of nitrogens with one attached hydrogen (secondary N) is 2. The van der Waals surface area contributed by atoms with E-state index in [0.717, 1.165) is 16.2 Å². The zero-order chi connectivity index (χ0) is 14.6. The van der Waals surface area contributed by atoms with Crippen LogP contribution in [-0.4, -0.2) is 21.5 Å². The summed E-state index contributed by atoms with van der Waals surface area (Å²) in [7, 11) is -1.56. The van der Waals surface area contributed by atoms with Crippen molar-refractivity contribution in [3.05, 3.63) is 15.8 Å². The number of hydrogen-bond acceptors (Lipinski definition) is 4. The topological polar surface area (TPSA) is 58.2 Å². The Morgan fingerprint density at radius 2 is 2.00 bits per heavy atom. The molecule has 0 radical (unpaired) electrons. The van der Waals surface area contributed by atoms with Crippen LogP contribution in [0.15, 0.2) is 11.0 Å². The maximum absolute atomic E-state index is 12.4. The van der Waals surface area contributed by atoms with Crippen molar-refractivity contribution in [1.29, 1.82) is 0 Å². The summed E-state index contributed by atoms with van der Waals surface area (Å²) in [4.78, 5) is 2.30. The fraction of sp³-hybridized carbons (Fsp3) is 0.692. The van der Waals surface area contributed by atoms with Crippen molar-refractivity contribution >= 4 is 21.4 Å². The Bertz CT molecular complexity index is 507. The van der Waals surface area contributed by atoms with Gasteiger partial charge in [0.15, 0.2) is 0 Å². The van der Waals surface area contributed by atoms with Gasteiger partial charge in [-0.25, -0.2) is 13.1 Å². The minimum Gasteiger partial charge on any atom is -0.315 e. The number of thiophene rings is 1. The second-order valence-electron chi connectivity index (χ2n) is 5.04. The monoisotopic (exact) mass is 304 g/mol. The van der Waals surface area contributed by atoms with E-state index in [1.54, 1.807) is 6.07 Å². The van der Waals surface area contributed by atoms with Crippen molar-refractivity contribution in [3.63, 3.8) is 0 Å². The number of rotatable bonds is 7. The molecule has 1 unspecified atom stereocenters.